The first kappa shape index (κ1) is 12.3. The van der Waals surface area contributed by atoms with Crippen LogP contribution in [-0.2, 0) is 9.57 Å². The second-order valence-electron chi connectivity index (χ2n) is 4.65. The van der Waals surface area contributed by atoms with Gasteiger partial charge in [0.05, 0.1) is 19.3 Å². The van der Waals surface area contributed by atoms with E-state index in [9.17, 15) is 0 Å². The smallest absolute Gasteiger partial charge is 0.0914 e. The van der Waals surface area contributed by atoms with Crippen molar-refractivity contribution < 1.29 is 9.57 Å². The number of hydrogen-bond donors (Lipinski definition) is 1. The molecule has 0 aromatic heterocycles. The van der Waals surface area contributed by atoms with E-state index in [4.69, 9.17) is 15.5 Å². The maximum atomic E-state index is 5.33. The Bertz CT molecular complexity index is 198. The van der Waals surface area contributed by atoms with Crippen LogP contribution in [0.4, 0.5) is 0 Å². The van der Waals surface area contributed by atoms with E-state index in [0.29, 0.717) is 0 Å². The molecule has 2 saturated heterocycles. The van der Waals surface area contributed by atoms with Gasteiger partial charge >= 0.3 is 0 Å². The summed E-state index contributed by atoms with van der Waals surface area (Å²) < 4.78 is 5.33. The van der Waals surface area contributed by atoms with Gasteiger partial charge in [0.25, 0.3) is 0 Å². The zero-order valence-corrected chi connectivity index (χ0v) is 9.94. The number of nitrogens with zero attached hydrogens (tertiary/aromatic N) is 2. The fraction of sp³-hybridized carbons (Fsp3) is 1.00. The molecule has 5 heteroatoms. The second kappa shape index (κ2) is 6.51. The molecule has 1 atom stereocenters. The van der Waals surface area contributed by atoms with Gasteiger partial charge in [-0.3, -0.25) is 14.6 Å². The number of morpholine rings is 1. The van der Waals surface area contributed by atoms with Crippen molar-refractivity contribution in [1.29, 1.82) is 0 Å². The fourth-order valence-electron chi connectivity index (χ4n) is 2.43. The van der Waals surface area contributed by atoms with Crippen LogP contribution in [0.2, 0.25) is 0 Å². The topological polar surface area (TPSA) is 51.0 Å². The van der Waals surface area contributed by atoms with Crippen LogP contribution in [0.5, 0.6) is 0 Å². The van der Waals surface area contributed by atoms with Gasteiger partial charge in [-0.1, -0.05) is 0 Å². The summed E-state index contributed by atoms with van der Waals surface area (Å²) in [6.45, 7) is 8.35. The summed E-state index contributed by atoms with van der Waals surface area (Å²) in [5.74, 6) is 5.25. The van der Waals surface area contributed by atoms with Crippen molar-refractivity contribution in [3.8, 4) is 0 Å². The third kappa shape index (κ3) is 3.68. The van der Waals surface area contributed by atoms with Crippen LogP contribution >= 0.6 is 0 Å². The van der Waals surface area contributed by atoms with Crippen molar-refractivity contribution in [3.05, 3.63) is 0 Å². The molecule has 5 nitrogen and oxygen atoms in total. The quantitative estimate of drug-likeness (QED) is 0.669. The van der Waals surface area contributed by atoms with Crippen molar-refractivity contribution in [3.63, 3.8) is 0 Å². The molecule has 16 heavy (non-hydrogen) atoms. The number of hydrogen-bond acceptors (Lipinski definition) is 5. The molecule has 2 rings (SSSR count). The molecule has 0 amide bonds. The highest BCUT2D eigenvalue weighted by molar-refractivity contribution is 4.74. The summed E-state index contributed by atoms with van der Waals surface area (Å²) in [4.78, 5) is 9.86. The SMILES string of the molecule is NOC1CCCN(CCN2CCOCC2)C1. The largest absolute Gasteiger partial charge is 0.379 e. The molecule has 2 aliphatic heterocycles. The van der Waals surface area contributed by atoms with Crippen LogP contribution in [0.3, 0.4) is 0 Å². The summed E-state index contributed by atoms with van der Waals surface area (Å²) in [7, 11) is 0. The molecular formula is C11H23N3O2. The van der Waals surface area contributed by atoms with Crippen LogP contribution in [0.25, 0.3) is 0 Å². The van der Waals surface area contributed by atoms with Crippen molar-refractivity contribution >= 4 is 0 Å². The third-order valence-corrected chi connectivity index (χ3v) is 3.49. The summed E-state index contributed by atoms with van der Waals surface area (Å²) in [5, 5.41) is 0. The maximum absolute atomic E-state index is 5.33. The summed E-state index contributed by atoms with van der Waals surface area (Å²) in [6, 6.07) is 0. The van der Waals surface area contributed by atoms with E-state index in [2.05, 4.69) is 9.80 Å². The van der Waals surface area contributed by atoms with Gasteiger partial charge < -0.3 is 4.74 Å². The van der Waals surface area contributed by atoms with Crippen LogP contribution in [0, 0.1) is 0 Å². The van der Waals surface area contributed by atoms with E-state index < -0.39 is 0 Å². The van der Waals surface area contributed by atoms with Crippen LogP contribution in [-0.4, -0.2) is 68.4 Å². The normalized spacial score (nSPS) is 29.4. The van der Waals surface area contributed by atoms with Gasteiger partial charge in [0.15, 0.2) is 0 Å². The first-order valence-corrected chi connectivity index (χ1v) is 6.26. The van der Waals surface area contributed by atoms with Gasteiger partial charge in [-0.15, -0.1) is 0 Å². The minimum Gasteiger partial charge on any atom is -0.379 e. The Kier molecular flexibility index (Phi) is 4.99. The molecule has 94 valence electrons. The standard InChI is InChI=1S/C11H23N3O2/c12-16-11-2-1-3-14(10-11)5-4-13-6-8-15-9-7-13/h11H,1-10,12H2. The minimum atomic E-state index is 0.235. The van der Waals surface area contributed by atoms with Crippen LogP contribution < -0.4 is 5.90 Å². The minimum absolute atomic E-state index is 0.235. The Balaban J connectivity index is 1.64. The lowest BCUT2D eigenvalue weighted by atomic mass is 10.1. The van der Waals surface area contributed by atoms with Crippen molar-refractivity contribution in [2.45, 2.75) is 18.9 Å². The van der Waals surface area contributed by atoms with Crippen molar-refractivity contribution in [1.82, 2.24) is 9.80 Å². The van der Waals surface area contributed by atoms with Gasteiger partial charge in [0, 0.05) is 32.7 Å². The Hall–Kier alpha value is -0.200. The average Bonchev–Trinajstić information content (AvgIpc) is 2.38. The first-order chi connectivity index (χ1) is 7.88. The van der Waals surface area contributed by atoms with Crippen molar-refractivity contribution in [2.24, 2.45) is 5.90 Å². The monoisotopic (exact) mass is 229 g/mol. The molecule has 0 radical (unpaired) electrons. The highest BCUT2D eigenvalue weighted by Crippen LogP contribution is 2.11. The molecule has 0 saturated carbocycles. The van der Waals surface area contributed by atoms with Crippen LogP contribution in [0.1, 0.15) is 12.8 Å². The third-order valence-electron chi connectivity index (χ3n) is 3.49. The molecule has 0 aromatic carbocycles. The predicted octanol–water partition coefficient (Wildman–Crippen LogP) is -0.327. The lowest BCUT2D eigenvalue weighted by molar-refractivity contribution is -0.00886. The summed E-state index contributed by atoms with van der Waals surface area (Å²) in [6.07, 6.45) is 2.54. The van der Waals surface area contributed by atoms with Crippen molar-refractivity contribution in [2.75, 3.05) is 52.5 Å². The van der Waals surface area contributed by atoms with Gasteiger partial charge in [-0.05, 0) is 19.4 Å². The first-order valence-electron chi connectivity index (χ1n) is 6.26. The highest BCUT2D eigenvalue weighted by Gasteiger charge is 2.20. The Morgan fingerprint density at radius 1 is 1.12 bits per heavy atom. The number of piperidine rings is 1. The van der Waals surface area contributed by atoms with Gasteiger partial charge in [-0.25, -0.2) is 5.90 Å². The Morgan fingerprint density at radius 2 is 1.88 bits per heavy atom. The molecule has 0 bridgehead atoms. The molecule has 2 heterocycles. The van der Waals surface area contributed by atoms with Gasteiger partial charge in [0.1, 0.15) is 0 Å². The van der Waals surface area contributed by atoms with Gasteiger partial charge in [0.2, 0.25) is 0 Å². The van der Waals surface area contributed by atoms with E-state index in [1.165, 1.54) is 13.0 Å². The molecule has 2 aliphatic rings. The van der Waals surface area contributed by atoms with Gasteiger partial charge in [-0.2, -0.15) is 0 Å². The van der Waals surface area contributed by atoms with E-state index in [1.807, 2.05) is 0 Å². The Morgan fingerprint density at radius 3 is 2.62 bits per heavy atom. The van der Waals surface area contributed by atoms with E-state index in [0.717, 1.165) is 52.4 Å². The number of nitrogens with two attached hydrogens (primary N) is 1. The zero-order chi connectivity index (χ0) is 11.2. The summed E-state index contributed by atoms with van der Waals surface area (Å²) >= 11 is 0. The lowest BCUT2D eigenvalue weighted by Gasteiger charge is -2.34. The Labute approximate surface area is 97.4 Å². The lowest BCUT2D eigenvalue weighted by Crippen LogP contribution is -2.46. The molecule has 0 aliphatic carbocycles. The molecule has 2 N–H and O–H groups in total. The van der Waals surface area contributed by atoms with E-state index >= 15 is 0 Å². The molecule has 1 unspecified atom stereocenters. The maximum Gasteiger partial charge on any atom is 0.0914 e. The predicted molar refractivity (Wildman–Crippen MR) is 62.0 cm³/mol. The number of ether oxygens (including phenoxy) is 1. The average molecular weight is 229 g/mol. The van der Waals surface area contributed by atoms with E-state index in [1.54, 1.807) is 0 Å². The fourth-order valence-corrected chi connectivity index (χ4v) is 2.43. The molecule has 2 fully saturated rings. The molecule has 0 aromatic rings. The second-order valence-corrected chi connectivity index (χ2v) is 4.65. The highest BCUT2D eigenvalue weighted by atomic mass is 16.6. The zero-order valence-electron chi connectivity index (χ0n) is 9.94. The summed E-state index contributed by atoms with van der Waals surface area (Å²) in [5.41, 5.74) is 0. The van der Waals surface area contributed by atoms with E-state index in [-0.39, 0.29) is 6.10 Å². The molecular weight excluding hydrogens is 206 g/mol. The molecule has 0 spiro atoms. The number of likely N-dealkylation sites (tertiary alicyclic amines) is 1. The van der Waals surface area contributed by atoms with Crippen LogP contribution in [0.15, 0.2) is 0 Å². The number of rotatable bonds is 4.